The molecule has 0 bridgehead atoms. The molecule has 1 saturated heterocycles. The Balaban J connectivity index is 1.79. The predicted molar refractivity (Wildman–Crippen MR) is 86.2 cm³/mol. The van der Waals surface area contributed by atoms with Crippen molar-refractivity contribution in [3.8, 4) is 0 Å². The molecule has 3 unspecified atom stereocenters. The average molecular weight is 335 g/mol. The second-order valence-electron chi connectivity index (χ2n) is 6.24. The van der Waals surface area contributed by atoms with Gasteiger partial charge in [-0.05, 0) is 41.8 Å². The Labute approximate surface area is 139 Å². The van der Waals surface area contributed by atoms with Crippen LogP contribution in [0.25, 0.3) is 6.08 Å². The van der Waals surface area contributed by atoms with Crippen molar-refractivity contribution in [2.75, 3.05) is 11.9 Å². The first-order chi connectivity index (χ1) is 11.4. The summed E-state index contributed by atoms with van der Waals surface area (Å²) >= 11 is 0. The van der Waals surface area contributed by atoms with Crippen LogP contribution in [0.5, 0.6) is 0 Å². The van der Waals surface area contributed by atoms with E-state index in [1.165, 1.54) is 0 Å². The smallest absolute Gasteiger partial charge is 0.178 e. The van der Waals surface area contributed by atoms with Crippen LogP contribution < -0.4 is 5.32 Å². The minimum atomic E-state index is -1.39. The molecule has 5 N–H and O–H groups in total. The van der Waals surface area contributed by atoms with Crippen molar-refractivity contribution in [1.82, 2.24) is 0 Å². The fourth-order valence-corrected chi connectivity index (χ4v) is 3.06. The van der Waals surface area contributed by atoms with E-state index in [0.717, 1.165) is 11.1 Å². The van der Waals surface area contributed by atoms with Gasteiger partial charge in [-0.25, -0.2) is 0 Å². The van der Waals surface area contributed by atoms with Gasteiger partial charge in [-0.15, -0.1) is 0 Å². The number of aliphatic hydroxyl groups excluding tert-OH is 4. The summed E-state index contributed by atoms with van der Waals surface area (Å²) in [5.74, 6) is 0.0573. The minimum Gasteiger partial charge on any atom is -0.394 e. The van der Waals surface area contributed by atoms with Gasteiger partial charge >= 0.3 is 0 Å². The number of carbonyl (C=O) groups is 1. The van der Waals surface area contributed by atoms with Gasteiger partial charge in [0.1, 0.15) is 24.4 Å². The van der Waals surface area contributed by atoms with Crippen LogP contribution in [-0.4, -0.2) is 63.5 Å². The third kappa shape index (κ3) is 3.09. The quantitative estimate of drug-likeness (QED) is 0.502. The number of fused-ring (bicyclic) bond motifs is 1. The van der Waals surface area contributed by atoms with E-state index in [1.54, 1.807) is 19.1 Å². The third-order valence-electron chi connectivity index (χ3n) is 4.54. The first-order valence-corrected chi connectivity index (χ1v) is 7.82. The van der Waals surface area contributed by atoms with E-state index in [-0.39, 0.29) is 5.78 Å². The van der Waals surface area contributed by atoms with Crippen LogP contribution >= 0.6 is 0 Å². The van der Waals surface area contributed by atoms with Crippen molar-refractivity contribution >= 4 is 17.5 Å². The molecule has 1 fully saturated rings. The molecule has 0 saturated carbocycles. The molecule has 0 amide bonds. The van der Waals surface area contributed by atoms with E-state index in [0.29, 0.717) is 17.7 Å². The summed E-state index contributed by atoms with van der Waals surface area (Å²) < 4.78 is 5.12. The minimum absolute atomic E-state index is 0.0573. The third-order valence-corrected chi connectivity index (χ3v) is 4.54. The van der Waals surface area contributed by atoms with Crippen LogP contribution in [0.15, 0.2) is 23.8 Å². The lowest BCUT2D eigenvalue weighted by Gasteiger charge is -2.40. The molecule has 1 aromatic rings. The number of rotatable bonds is 3. The number of allylic oxidation sites excluding steroid dienone is 1. The number of ketones is 1. The highest BCUT2D eigenvalue weighted by Gasteiger charge is 2.43. The fourth-order valence-electron chi connectivity index (χ4n) is 3.06. The van der Waals surface area contributed by atoms with E-state index in [4.69, 9.17) is 9.84 Å². The Morgan fingerprint density at radius 3 is 2.71 bits per heavy atom. The fraction of sp³-hybridized carbons (Fsp3) is 0.471. The summed E-state index contributed by atoms with van der Waals surface area (Å²) in [6.45, 7) is 1.27. The zero-order valence-corrected chi connectivity index (χ0v) is 13.2. The van der Waals surface area contributed by atoms with Gasteiger partial charge in [0.2, 0.25) is 0 Å². The largest absolute Gasteiger partial charge is 0.394 e. The molecule has 2 aliphatic rings. The summed E-state index contributed by atoms with van der Waals surface area (Å²) in [5.41, 5.74) is 3.12. The molecule has 1 heterocycles. The first-order valence-electron chi connectivity index (χ1n) is 7.82. The van der Waals surface area contributed by atoms with Crippen molar-refractivity contribution in [1.29, 1.82) is 0 Å². The predicted octanol–water partition coefficient (Wildman–Crippen LogP) is -0.573. The Morgan fingerprint density at radius 2 is 2.00 bits per heavy atom. The molecule has 0 aromatic heterocycles. The number of benzene rings is 1. The average Bonchev–Trinajstić information content (AvgIpc) is 2.56. The van der Waals surface area contributed by atoms with Gasteiger partial charge in [-0.3, -0.25) is 4.79 Å². The second-order valence-corrected chi connectivity index (χ2v) is 6.24. The number of carbonyl (C=O) groups excluding carboxylic acids is 1. The van der Waals surface area contributed by atoms with Gasteiger partial charge in [-0.2, -0.15) is 0 Å². The van der Waals surface area contributed by atoms with Gasteiger partial charge < -0.3 is 30.5 Å². The van der Waals surface area contributed by atoms with Crippen LogP contribution in [0.2, 0.25) is 0 Å². The molecule has 1 aliphatic carbocycles. The highest BCUT2D eigenvalue weighted by Crippen LogP contribution is 2.27. The molecule has 3 rings (SSSR count). The van der Waals surface area contributed by atoms with E-state index in [2.05, 4.69) is 5.32 Å². The second kappa shape index (κ2) is 6.62. The first kappa shape index (κ1) is 17.1. The van der Waals surface area contributed by atoms with Crippen molar-refractivity contribution in [3.05, 3.63) is 34.9 Å². The number of nitrogens with one attached hydrogen (secondary N) is 1. The lowest BCUT2D eigenvalue weighted by molar-refractivity contribution is -0.245. The normalized spacial score (nSPS) is 33.0. The number of ether oxygens (including phenoxy) is 1. The highest BCUT2D eigenvalue weighted by atomic mass is 16.6. The van der Waals surface area contributed by atoms with Crippen molar-refractivity contribution in [2.45, 2.75) is 44.0 Å². The van der Waals surface area contributed by atoms with Gasteiger partial charge in [0.15, 0.2) is 12.1 Å². The zero-order chi connectivity index (χ0) is 17.4. The Bertz CT molecular complexity index is 673. The summed E-state index contributed by atoms with van der Waals surface area (Å²) in [7, 11) is 0. The maximum absolute atomic E-state index is 11.8. The number of hydrogen-bond donors (Lipinski definition) is 5. The van der Waals surface area contributed by atoms with E-state index in [9.17, 15) is 20.1 Å². The van der Waals surface area contributed by atoms with Crippen LogP contribution in [0.1, 0.15) is 18.1 Å². The van der Waals surface area contributed by atoms with Crippen LogP contribution in [0.4, 0.5) is 5.69 Å². The number of aliphatic hydroxyl groups is 4. The van der Waals surface area contributed by atoms with E-state index < -0.39 is 37.3 Å². The van der Waals surface area contributed by atoms with Gasteiger partial charge in [-0.1, -0.05) is 6.07 Å². The summed E-state index contributed by atoms with van der Waals surface area (Å²) in [5, 5.41) is 42.1. The molecule has 7 nitrogen and oxygen atoms in total. The number of anilines is 1. The molecule has 130 valence electrons. The van der Waals surface area contributed by atoms with E-state index in [1.807, 2.05) is 12.1 Å². The van der Waals surface area contributed by atoms with Crippen molar-refractivity contribution < 1.29 is 30.0 Å². The number of hydrogen-bond acceptors (Lipinski definition) is 7. The van der Waals surface area contributed by atoms with Crippen molar-refractivity contribution in [3.63, 3.8) is 0 Å². The Hall–Kier alpha value is -1.77. The lowest BCUT2D eigenvalue weighted by Crippen LogP contribution is -2.61. The molecule has 1 aliphatic heterocycles. The van der Waals surface area contributed by atoms with Gasteiger partial charge in [0.05, 0.1) is 6.61 Å². The van der Waals surface area contributed by atoms with Crippen LogP contribution in [0, 0.1) is 0 Å². The highest BCUT2D eigenvalue weighted by molar-refractivity contribution is 6.03. The van der Waals surface area contributed by atoms with Crippen molar-refractivity contribution in [2.24, 2.45) is 0 Å². The molecule has 1 aromatic carbocycles. The van der Waals surface area contributed by atoms with Crippen LogP contribution in [-0.2, 0) is 16.0 Å². The Kier molecular flexibility index (Phi) is 4.71. The summed E-state index contributed by atoms with van der Waals surface area (Å²) in [4.78, 5) is 11.8. The molecule has 7 heteroatoms. The standard InChI is InChI=1S/C17H21NO6/c1-8-4-9-2-3-11(5-10(9)6-12(8)20)18-14-16(22)15(21)13(7-19)24-17(14)23/h2-5,13-19,21-23H,6-7H2,1H3/t13?,14?,15-,16-,17?/m1/s1. The van der Waals surface area contributed by atoms with Gasteiger partial charge in [0, 0.05) is 12.1 Å². The summed E-state index contributed by atoms with van der Waals surface area (Å²) in [6, 6.07) is 4.43. The zero-order valence-electron chi connectivity index (χ0n) is 13.2. The molecular weight excluding hydrogens is 314 g/mol. The summed E-state index contributed by atoms with van der Waals surface area (Å²) in [6.07, 6.45) is -2.93. The molecule has 24 heavy (non-hydrogen) atoms. The molecular formula is C17H21NO6. The molecule has 5 atom stereocenters. The topological polar surface area (TPSA) is 119 Å². The number of Topliss-reactive ketones (excluding diaryl/α,β-unsaturated/α-hetero) is 1. The Morgan fingerprint density at radius 1 is 1.25 bits per heavy atom. The maximum atomic E-state index is 11.8. The molecule has 0 radical (unpaired) electrons. The van der Waals surface area contributed by atoms with E-state index >= 15 is 0 Å². The lowest BCUT2D eigenvalue weighted by atomic mass is 9.91. The molecule has 0 spiro atoms. The monoisotopic (exact) mass is 335 g/mol. The maximum Gasteiger partial charge on any atom is 0.178 e. The van der Waals surface area contributed by atoms with Gasteiger partial charge in [0.25, 0.3) is 0 Å². The van der Waals surface area contributed by atoms with Crippen LogP contribution in [0.3, 0.4) is 0 Å². The SMILES string of the molecule is CC1=Cc2ccc(NC3C(O)OC(CO)[C@@H](O)[C@@H]3O)cc2CC1=O.